The Hall–Kier alpha value is -2.29. The summed E-state index contributed by atoms with van der Waals surface area (Å²) >= 11 is 0. The minimum absolute atomic E-state index is 0.000133. The van der Waals surface area contributed by atoms with E-state index in [-0.39, 0.29) is 5.78 Å². The number of benzene rings is 2. The van der Waals surface area contributed by atoms with Crippen molar-refractivity contribution in [3.63, 3.8) is 0 Å². The van der Waals surface area contributed by atoms with Crippen molar-refractivity contribution < 1.29 is 14.3 Å². The van der Waals surface area contributed by atoms with Crippen molar-refractivity contribution in [1.82, 2.24) is 0 Å². The van der Waals surface area contributed by atoms with E-state index in [2.05, 4.69) is 6.07 Å². The van der Waals surface area contributed by atoms with E-state index in [1.807, 2.05) is 31.2 Å². The molecule has 0 aliphatic heterocycles. The van der Waals surface area contributed by atoms with Crippen LogP contribution in [0.5, 0.6) is 11.5 Å². The molecule has 0 amide bonds. The standard InChI is InChI=1S/C17H18O3/c1-11-6-5-7-13(8-11)15-9-14(12(2)18)10-16(19-3)17(15)20-4/h5-10H,1-4H3. The normalized spacial score (nSPS) is 10.2. The Morgan fingerprint density at radius 2 is 1.80 bits per heavy atom. The van der Waals surface area contributed by atoms with E-state index in [0.29, 0.717) is 17.1 Å². The fraction of sp³-hybridized carbons (Fsp3) is 0.235. The van der Waals surface area contributed by atoms with Gasteiger partial charge in [0.2, 0.25) is 0 Å². The number of aryl methyl sites for hydroxylation is 1. The Kier molecular flexibility index (Phi) is 4.08. The van der Waals surface area contributed by atoms with Gasteiger partial charge in [-0.3, -0.25) is 4.79 Å². The molecule has 0 saturated heterocycles. The molecule has 3 nitrogen and oxygen atoms in total. The Balaban J connectivity index is 2.72. The number of Topliss-reactive ketones (excluding diaryl/α,β-unsaturated/α-hetero) is 1. The maximum Gasteiger partial charge on any atom is 0.168 e. The lowest BCUT2D eigenvalue weighted by atomic mass is 9.98. The van der Waals surface area contributed by atoms with Gasteiger partial charge in [-0.2, -0.15) is 0 Å². The van der Waals surface area contributed by atoms with Gasteiger partial charge in [-0.25, -0.2) is 0 Å². The van der Waals surface area contributed by atoms with Crippen LogP contribution in [-0.4, -0.2) is 20.0 Å². The zero-order valence-corrected chi connectivity index (χ0v) is 12.2. The lowest BCUT2D eigenvalue weighted by Crippen LogP contribution is -1.99. The molecule has 0 radical (unpaired) electrons. The van der Waals surface area contributed by atoms with E-state index in [4.69, 9.17) is 9.47 Å². The summed E-state index contributed by atoms with van der Waals surface area (Å²) in [6, 6.07) is 11.6. The number of ether oxygens (including phenoxy) is 2. The first-order valence-electron chi connectivity index (χ1n) is 6.40. The quantitative estimate of drug-likeness (QED) is 0.791. The molecule has 2 aromatic carbocycles. The molecule has 0 saturated carbocycles. The monoisotopic (exact) mass is 270 g/mol. The highest BCUT2D eigenvalue weighted by Crippen LogP contribution is 2.39. The fourth-order valence-corrected chi connectivity index (χ4v) is 2.19. The Morgan fingerprint density at radius 3 is 2.35 bits per heavy atom. The van der Waals surface area contributed by atoms with Crippen molar-refractivity contribution in [2.45, 2.75) is 13.8 Å². The number of rotatable bonds is 4. The summed E-state index contributed by atoms with van der Waals surface area (Å²) in [7, 11) is 3.17. The molecular weight excluding hydrogens is 252 g/mol. The van der Waals surface area contributed by atoms with E-state index in [1.165, 1.54) is 0 Å². The Morgan fingerprint density at radius 1 is 1.05 bits per heavy atom. The fourth-order valence-electron chi connectivity index (χ4n) is 2.19. The maximum atomic E-state index is 11.7. The molecule has 0 atom stereocenters. The van der Waals surface area contributed by atoms with Crippen LogP contribution in [0.3, 0.4) is 0 Å². The van der Waals surface area contributed by atoms with Gasteiger partial charge >= 0.3 is 0 Å². The summed E-state index contributed by atoms with van der Waals surface area (Å²) in [6.45, 7) is 3.57. The smallest absolute Gasteiger partial charge is 0.168 e. The third kappa shape index (κ3) is 2.67. The van der Waals surface area contributed by atoms with Crippen LogP contribution < -0.4 is 9.47 Å². The largest absolute Gasteiger partial charge is 0.493 e. The van der Waals surface area contributed by atoms with Crippen molar-refractivity contribution >= 4 is 5.78 Å². The number of carbonyl (C=O) groups excluding carboxylic acids is 1. The summed E-state index contributed by atoms with van der Waals surface area (Å²) in [5.74, 6) is 1.21. The van der Waals surface area contributed by atoms with Crippen LogP contribution in [0.15, 0.2) is 36.4 Å². The van der Waals surface area contributed by atoms with E-state index >= 15 is 0 Å². The van der Waals surface area contributed by atoms with Crippen LogP contribution in [0.2, 0.25) is 0 Å². The van der Waals surface area contributed by atoms with E-state index in [9.17, 15) is 4.79 Å². The third-order valence-corrected chi connectivity index (χ3v) is 3.21. The first-order valence-corrected chi connectivity index (χ1v) is 6.40. The minimum atomic E-state index is -0.000133. The topological polar surface area (TPSA) is 35.5 Å². The molecule has 0 aromatic heterocycles. The Labute approximate surface area is 119 Å². The van der Waals surface area contributed by atoms with Gasteiger partial charge in [0, 0.05) is 11.1 Å². The van der Waals surface area contributed by atoms with E-state index < -0.39 is 0 Å². The zero-order valence-electron chi connectivity index (χ0n) is 12.2. The van der Waals surface area contributed by atoms with Crippen molar-refractivity contribution in [2.75, 3.05) is 14.2 Å². The van der Waals surface area contributed by atoms with Crippen LogP contribution in [0, 0.1) is 6.92 Å². The first kappa shape index (κ1) is 14.1. The highest BCUT2D eigenvalue weighted by molar-refractivity contribution is 5.97. The van der Waals surface area contributed by atoms with Crippen LogP contribution in [-0.2, 0) is 0 Å². The van der Waals surface area contributed by atoms with Crippen LogP contribution in [0.25, 0.3) is 11.1 Å². The summed E-state index contributed by atoms with van der Waals surface area (Å²) in [6.07, 6.45) is 0. The van der Waals surface area contributed by atoms with Gasteiger partial charge in [0.05, 0.1) is 14.2 Å². The molecule has 0 unspecified atom stereocenters. The lowest BCUT2D eigenvalue weighted by molar-refractivity contribution is 0.101. The molecule has 0 spiro atoms. The molecule has 104 valence electrons. The van der Waals surface area contributed by atoms with Gasteiger partial charge in [0.1, 0.15) is 0 Å². The maximum absolute atomic E-state index is 11.7. The molecule has 0 N–H and O–H groups in total. The van der Waals surface area contributed by atoms with Gasteiger partial charge in [0.15, 0.2) is 17.3 Å². The molecule has 0 aliphatic rings. The molecule has 0 bridgehead atoms. The van der Waals surface area contributed by atoms with Crippen molar-refractivity contribution in [1.29, 1.82) is 0 Å². The second-order valence-electron chi connectivity index (χ2n) is 4.68. The number of methoxy groups -OCH3 is 2. The van der Waals surface area contributed by atoms with Crippen molar-refractivity contribution in [3.8, 4) is 22.6 Å². The minimum Gasteiger partial charge on any atom is -0.493 e. The SMILES string of the molecule is COc1cc(C(C)=O)cc(-c2cccc(C)c2)c1OC. The van der Waals surface area contributed by atoms with Gasteiger partial charge in [-0.15, -0.1) is 0 Å². The second-order valence-corrected chi connectivity index (χ2v) is 4.68. The highest BCUT2D eigenvalue weighted by atomic mass is 16.5. The van der Waals surface area contributed by atoms with E-state index in [1.54, 1.807) is 27.2 Å². The van der Waals surface area contributed by atoms with Gasteiger partial charge in [0.25, 0.3) is 0 Å². The first-order chi connectivity index (χ1) is 9.56. The predicted molar refractivity (Wildman–Crippen MR) is 79.7 cm³/mol. The van der Waals surface area contributed by atoms with Gasteiger partial charge in [-0.05, 0) is 31.5 Å². The summed E-state index contributed by atoms with van der Waals surface area (Å²) in [4.78, 5) is 11.7. The number of ketones is 1. The molecule has 0 heterocycles. The molecule has 20 heavy (non-hydrogen) atoms. The Bertz CT molecular complexity index is 645. The molecule has 2 rings (SSSR count). The van der Waals surface area contributed by atoms with E-state index in [0.717, 1.165) is 16.7 Å². The molecule has 0 fully saturated rings. The summed E-state index contributed by atoms with van der Waals surface area (Å²) < 4.78 is 10.8. The van der Waals surface area contributed by atoms with Gasteiger partial charge in [-0.1, -0.05) is 29.8 Å². The van der Waals surface area contributed by atoms with Crippen molar-refractivity contribution in [3.05, 3.63) is 47.5 Å². The van der Waals surface area contributed by atoms with Crippen LogP contribution in [0.1, 0.15) is 22.8 Å². The molecule has 2 aromatic rings. The highest BCUT2D eigenvalue weighted by Gasteiger charge is 2.15. The summed E-state index contributed by atoms with van der Waals surface area (Å²) in [5.41, 5.74) is 3.62. The van der Waals surface area contributed by atoms with Crippen LogP contribution >= 0.6 is 0 Å². The second kappa shape index (κ2) is 5.78. The lowest BCUT2D eigenvalue weighted by Gasteiger charge is -2.15. The average Bonchev–Trinajstić information content (AvgIpc) is 2.45. The number of hydrogen-bond acceptors (Lipinski definition) is 3. The average molecular weight is 270 g/mol. The molecule has 0 aliphatic carbocycles. The number of carbonyl (C=O) groups is 1. The van der Waals surface area contributed by atoms with Crippen molar-refractivity contribution in [2.24, 2.45) is 0 Å². The molecule has 3 heteroatoms. The zero-order chi connectivity index (χ0) is 14.7. The van der Waals surface area contributed by atoms with Gasteiger partial charge < -0.3 is 9.47 Å². The summed E-state index contributed by atoms with van der Waals surface area (Å²) in [5, 5.41) is 0. The molecular formula is C17H18O3. The van der Waals surface area contributed by atoms with Crippen LogP contribution in [0.4, 0.5) is 0 Å². The number of hydrogen-bond donors (Lipinski definition) is 0. The third-order valence-electron chi connectivity index (χ3n) is 3.21. The predicted octanol–water partition coefficient (Wildman–Crippen LogP) is 3.88.